The van der Waals surface area contributed by atoms with Crippen LogP contribution in [0.15, 0.2) is 24.5 Å². The van der Waals surface area contributed by atoms with Gasteiger partial charge in [-0.3, -0.25) is 9.78 Å². The van der Waals surface area contributed by atoms with E-state index in [-0.39, 0.29) is 5.97 Å². The maximum absolute atomic E-state index is 11.2. The second-order valence-electron chi connectivity index (χ2n) is 2.97. The molecule has 1 aromatic rings. The molecule has 3 nitrogen and oxygen atoms in total. The molecule has 0 N–H and O–H groups in total. The lowest BCUT2D eigenvalue weighted by atomic mass is 10.3. The third-order valence-electron chi connectivity index (χ3n) is 1.78. The van der Waals surface area contributed by atoms with E-state index in [1.165, 1.54) is 0 Å². The predicted molar refractivity (Wildman–Crippen MR) is 61.6 cm³/mol. The number of hydrogen-bond donors (Lipinski definition) is 0. The first-order valence-electron chi connectivity index (χ1n) is 4.95. The SMILES string of the molecule is CCSCCC(=O)OCc1cccnc1. The molecule has 4 heteroatoms. The molecule has 0 aliphatic carbocycles. The zero-order chi connectivity index (χ0) is 10.9. The molecule has 0 radical (unpaired) electrons. The van der Waals surface area contributed by atoms with Gasteiger partial charge in [0.15, 0.2) is 0 Å². The molecular weight excluding hydrogens is 210 g/mol. The number of aromatic nitrogens is 1. The van der Waals surface area contributed by atoms with E-state index in [4.69, 9.17) is 4.74 Å². The van der Waals surface area contributed by atoms with Gasteiger partial charge < -0.3 is 4.74 Å². The Hall–Kier alpha value is -1.03. The molecule has 0 aliphatic heterocycles. The molecule has 0 amide bonds. The van der Waals surface area contributed by atoms with E-state index in [9.17, 15) is 4.79 Å². The molecule has 0 saturated carbocycles. The quantitative estimate of drug-likeness (QED) is 0.550. The highest BCUT2D eigenvalue weighted by Gasteiger charge is 2.02. The van der Waals surface area contributed by atoms with Gasteiger partial charge in [0.25, 0.3) is 0 Å². The van der Waals surface area contributed by atoms with Crippen molar-refractivity contribution < 1.29 is 9.53 Å². The standard InChI is InChI=1S/C11H15NO2S/c1-2-15-7-5-11(13)14-9-10-4-3-6-12-8-10/h3-4,6,8H,2,5,7,9H2,1H3. The van der Waals surface area contributed by atoms with Gasteiger partial charge in [-0.25, -0.2) is 0 Å². The fourth-order valence-electron chi connectivity index (χ4n) is 1.02. The van der Waals surface area contributed by atoms with Crippen LogP contribution < -0.4 is 0 Å². The summed E-state index contributed by atoms with van der Waals surface area (Å²) in [5.74, 6) is 1.73. The zero-order valence-corrected chi connectivity index (χ0v) is 9.63. The van der Waals surface area contributed by atoms with Crippen LogP contribution in [0.5, 0.6) is 0 Å². The number of pyridine rings is 1. The summed E-state index contributed by atoms with van der Waals surface area (Å²) in [5.41, 5.74) is 0.925. The van der Waals surface area contributed by atoms with Gasteiger partial charge in [-0.2, -0.15) is 11.8 Å². The molecule has 0 aliphatic rings. The summed E-state index contributed by atoms with van der Waals surface area (Å²) in [6, 6.07) is 3.72. The molecule has 82 valence electrons. The van der Waals surface area contributed by atoms with Gasteiger partial charge in [0, 0.05) is 23.7 Å². The van der Waals surface area contributed by atoms with Gasteiger partial charge >= 0.3 is 5.97 Å². The summed E-state index contributed by atoms with van der Waals surface area (Å²) in [6.45, 7) is 2.40. The Labute approximate surface area is 94.2 Å². The summed E-state index contributed by atoms with van der Waals surface area (Å²) in [7, 11) is 0. The summed E-state index contributed by atoms with van der Waals surface area (Å²) in [4.78, 5) is 15.2. The summed E-state index contributed by atoms with van der Waals surface area (Å²) < 4.78 is 5.08. The van der Waals surface area contributed by atoms with E-state index in [0.29, 0.717) is 13.0 Å². The Morgan fingerprint density at radius 1 is 1.60 bits per heavy atom. The summed E-state index contributed by atoms with van der Waals surface area (Å²) in [5, 5.41) is 0. The first-order chi connectivity index (χ1) is 7.33. The summed E-state index contributed by atoms with van der Waals surface area (Å²) in [6.07, 6.45) is 3.88. The molecular formula is C11H15NO2S. The van der Waals surface area contributed by atoms with Crippen LogP contribution >= 0.6 is 11.8 Å². The molecule has 1 rings (SSSR count). The van der Waals surface area contributed by atoms with Crippen molar-refractivity contribution in [1.29, 1.82) is 0 Å². The van der Waals surface area contributed by atoms with Gasteiger partial charge in [-0.15, -0.1) is 0 Å². The zero-order valence-electron chi connectivity index (χ0n) is 8.81. The fourth-order valence-corrected chi connectivity index (χ4v) is 1.62. The number of thioether (sulfide) groups is 1. The Morgan fingerprint density at radius 3 is 3.13 bits per heavy atom. The van der Waals surface area contributed by atoms with Crippen molar-refractivity contribution in [2.24, 2.45) is 0 Å². The maximum atomic E-state index is 11.2. The van der Waals surface area contributed by atoms with Crippen LogP contribution in [0.1, 0.15) is 18.9 Å². The van der Waals surface area contributed by atoms with E-state index in [1.54, 1.807) is 24.2 Å². The molecule has 1 heterocycles. The third kappa shape index (κ3) is 5.42. The minimum Gasteiger partial charge on any atom is -0.461 e. The fraction of sp³-hybridized carbons (Fsp3) is 0.455. The van der Waals surface area contributed by atoms with Crippen molar-refractivity contribution in [3.05, 3.63) is 30.1 Å². The normalized spacial score (nSPS) is 9.93. The monoisotopic (exact) mass is 225 g/mol. The number of ether oxygens (including phenoxy) is 1. The Bertz CT molecular complexity index is 290. The molecule has 0 fully saturated rings. The van der Waals surface area contributed by atoms with Crippen LogP contribution in [-0.4, -0.2) is 22.5 Å². The topological polar surface area (TPSA) is 39.2 Å². The van der Waals surface area contributed by atoms with Gasteiger partial charge in [-0.05, 0) is 11.8 Å². The van der Waals surface area contributed by atoms with Gasteiger partial charge in [0.05, 0.1) is 6.42 Å². The van der Waals surface area contributed by atoms with Gasteiger partial charge in [0.1, 0.15) is 6.61 Å². The van der Waals surface area contributed by atoms with Crippen LogP contribution in [0.4, 0.5) is 0 Å². The first kappa shape index (κ1) is 12.0. The predicted octanol–water partition coefficient (Wildman–Crippen LogP) is 2.27. The lowest BCUT2D eigenvalue weighted by Crippen LogP contribution is -2.05. The molecule has 0 aromatic carbocycles. The van der Waals surface area contributed by atoms with Crippen LogP contribution in [0.2, 0.25) is 0 Å². The summed E-state index contributed by atoms with van der Waals surface area (Å²) >= 11 is 1.74. The van der Waals surface area contributed by atoms with Crippen molar-refractivity contribution in [3.8, 4) is 0 Å². The number of nitrogens with zero attached hydrogens (tertiary/aromatic N) is 1. The van der Waals surface area contributed by atoms with Gasteiger partial charge in [0.2, 0.25) is 0 Å². The van der Waals surface area contributed by atoms with Gasteiger partial charge in [-0.1, -0.05) is 13.0 Å². The second-order valence-corrected chi connectivity index (χ2v) is 4.36. The first-order valence-corrected chi connectivity index (χ1v) is 6.10. The number of esters is 1. The van der Waals surface area contributed by atoms with Crippen LogP contribution in [-0.2, 0) is 16.1 Å². The smallest absolute Gasteiger partial charge is 0.306 e. The largest absolute Gasteiger partial charge is 0.461 e. The molecule has 0 unspecified atom stereocenters. The number of carbonyl (C=O) groups excluding carboxylic acids is 1. The lowest BCUT2D eigenvalue weighted by molar-refractivity contribution is -0.144. The van der Waals surface area contributed by atoms with Crippen LogP contribution in [0.3, 0.4) is 0 Å². The molecule has 0 spiro atoms. The highest BCUT2D eigenvalue weighted by atomic mass is 32.2. The van der Waals surface area contributed by atoms with Crippen molar-refractivity contribution in [1.82, 2.24) is 4.98 Å². The average Bonchev–Trinajstić information content (AvgIpc) is 2.28. The lowest BCUT2D eigenvalue weighted by Gasteiger charge is -2.03. The van der Waals surface area contributed by atoms with Crippen molar-refractivity contribution in [2.45, 2.75) is 20.0 Å². The minimum absolute atomic E-state index is 0.139. The Morgan fingerprint density at radius 2 is 2.47 bits per heavy atom. The number of hydrogen-bond acceptors (Lipinski definition) is 4. The number of rotatable bonds is 6. The molecule has 0 bridgehead atoms. The molecule has 0 atom stereocenters. The highest BCUT2D eigenvalue weighted by molar-refractivity contribution is 7.99. The molecule has 1 aromatic heterocycles. The van der Waals surface area contributed by atoms with E-state index in [2.05, 4.69) is 11.9 Å². The average molecular weight is 225 g/mol. The van der Waals surface area contributed by atoms with E-state index in [1.807, 2.05) is 12.1 Å². The Kier molecular flexibility index (Phi) is 5.85. The molecule has 15 heavy (non-hydrogen) atoms. The maximum Gasteiger partial charge on any atom is 0.306 e. The molecule has 0 saturated heterocycles. The van der Waals surface area contributed by atoms with Crippen molar-refractivity contribution in [3.63, 3.8) is 0 Å². The van der Waals surface area contributed by atoms with E-state index < -0.39 is 0 Å². The minimum atomic E-state index is -0.139. The Balaban J connectivity index is 2.17. The van der Waals surface area contributed by atoms with E-state index >= 15 is 0 Å². The van der Waals surface area contributed by atoms with Crippen molar-refractivity contribution >= 4 is 17.7 Å². The second kappa shape index (κ2) is 7.29. The van der Waals surface area contributed by atoms with Crippen molar-refractivity contribution in [2.75, 3.05) is 11.5 Å². The van der Waals surface area contributed by atoms with Crippen LogP contribution in [0.25, 0.3) is 0 Å². The highest BCUT2D eigenvalue weighted by Crippen LogP contribution is 2.04. The van der Waals surface area contributed by atoms with Crippen LogP contribution in [0, 0.1) is 0 Å². The number of carbonyl (C=O) groups is 1. The van der Waals surface area contributed by atoms with E-state index in [0.717, 1.165) is 17.1 Å². The third-order valence-corrected chi connectivity index (χ3v) is 2.68.